The van der Waals surface area contributed by atoms with Gasteiger partial charge in [0.05, 0.1) is 17.6 Å². The molecule has 0 aromatic heterocycles. The van der Waals surface area contributed by atoms with Crippen molar-refractivity contribution in [1.29, 1.82) is 0 Å². The highest BCUT2D eigenvalue weighted by atomic mass is 16.6. The van der Waals surface area contributed by atoms with Crippen molar-refractivity contribution in [3.8, 4) is 22.6 Å². The molecule has 0 N–H and O–H groups in total. The lowest BCUT2D eigenvalue weighted by molar-refractivity contribution is -0.384. The molecule has 4 aromatic carbocycles. The molecule has 4 aromatic rings. The molecule has 7 nitrogen and oxygen atoms in total. The first kappa shape index (κ1) is 22.6. The largest absolute Gasteiger partial charge is 0.627 e. The molecule has 0 saturated heterocycles. The van der Waals surface area contributed by atoms with Gasteiger partial charge in [0.25, 0.3) is 5.69 Å². The fraction of sp³-hybridized carbons (Fsp3) is 0.143. The van der Waals surface area contributed by atoms with Crippen LogP contribution in [0.15, 0.2) is 97.1 Å². The van der Waals surface area contributed by atoms with E-state index < -0.39 is 15.7 Å². The summed E-state index contributed by atoms with van der Waals surface area (Å²) >= 11 is 0. The minimum absolute atomic E-state index is 0.0305. The van der Waals surface area contributed by atoms with Gasteiger partial charge in [-0.1, -0.05) is 36.4 Å². The lowest BCUT2D eigenvalue weighted by atomic mass is 10.0. The number of methoxy groups -OCH3 is 1. The normalized spacial score (nSPS) is 19.2. The zero-order valence-corrected chi connectivity index (χ0v) is 19.2. The molecule has 176 valence electrons. The Balaban J connectivity index is 1.53. The molecule has 0 spiro atoms. The van der Waals surface area contributed by atoms with Crippen molar-refractivity contribution in [2.45, 2.75) is 12.6 Å². The molecule has 1 heterocycles. The molecule has 0 saturated carbocycles. The summed E-state index contributed by atoms with van der Waals surface area (Å²) in [6, 6.07) is 28.8. The molecule has 0 aliphatic carbocycles. The van der Waals surface area contributed by atoms with E-state index in [4.69, 9.17) is 9.47 Å². The number of hydroxylamine groups is 2. The molecule has 7 heteroatoms. The van der Waals surface area contributed by atoms with Crippen molar-refractivity contribution in [2.75, 3.05) is 13.7 Å². The maximum absolute atomic E-state index is 14.4. The number of hydrogen-bond acceptors (Lipinski definition) is 5. The first-order chi connectivity index (χ1) is 17.0. The Morgan fingerprint density at radius 3 is 2.31 bits per heavy atom. The van der Waals surface area contributed by atoms with Crippen molar-refractivity contribution < 1.29 is 14.4 Å². The molecule has 2 unspecified atom stereocenters. The van der Waals surface area contributed by atoms with Crippen LogP contribution in [0.3, 0.4) is 0 Å². The van der Waals surface area contributed by atoms with Gasteiger partial charge in [0.15, 0.2) is 6.10 Å². The van der Waals surface area contributed by atoms with E-state index in [0.29, 0.717) is 22.6 Å². The van der Waals surface area contributed by atoms with Gasteiger partial charge in [0, 0.05) is 23.8 Å². The Bertz CT molecular complexity index is 1350. The molecule has 1 aliphatic rings. The molecule has 5 rings (SSSR count). The molecule has 2 atom stereocenters. The van der Waals surface area contributed by atoms with E-state index in [-0.39, 0.29) is 18.8 Å². The van der Waals surface area contributed by atoms with Gasteiger partial charge in [-0.15, -0.1) is 0 Å². The zero-order valence-electron chi connectivity index (χ0n) is 19.2. The van der Waals surface area contributed by atoms with Crippen LogP contribution < -0.4 is 14.1 Å². The van der Waals surface area contributed by atoms with Gasteiger partial charge in [0.2, 0.25) is 0 Å². The standard InChI is InChI=1S/C28H24N2O5/c1-34-24-16-12-21(13-17-24)28-19-30(33,18-22-6-2-5-9-27(22)35-28)23-14-10-20(11-15-23)25-7-3-4-8-26(25)29(31)32/h2-17,28H,18-19H2,1H3. The molecular formula is C28H24N2O5. The molecule has 0 amide bonds. The number of fused-ring (bicyclic) bond motifs is 1. The Labute approximate surface area is 203 Å². The summed E-state index contributed by atoms with van der Waals surface area (Å²) in [5.74, 6) is 1.43. The number of quaternary nitrogens is 1. The van der Waals surface area contributed by atoms with Crippen LogP contribution in [-0.2, 0) is 6.54 Å². The maximum atomic E-state index is 14.4. The minimum Gasteiger partial charge on any atom is -0.627 e. The van der Waals surface area contributed by atoms with Gasteiger partial charge in [-0.3, -0.25) is 10.1 Å². The summed E-state index contributed by atoms with van der Waals surface area (Å²) in [4.78, 5) is 11.1. The van der Waals surface area contributed by atoms with E-state index in [1.54, 1.807) is 49.6 Å². The third-order valence-electron chi connectivity index (χ3n) is 6.37. The Morgan fingerprint density at radius 2 is 1.60 bits per heavy atom. The number of rotatable bonds is 5. The van der Waals surface area contributed by atoms with Gasteiger partial charge in [0.1, 0.15) is 30.3 Å². The number of nitro groups is 1. The first-order valence-corrected chi connectivity index (χ1v) is 11.3. The third-order valence-corrected chi connectivity index (χ3v) is 6.37. The summed E-state index contributed by atoms with van der Waals surface area (Å²) in [6.45, 7) is 0.388. The number of benzene rings is 4. The van der Waals surface area contributed by atoms with Gasteiger partial charge in [-0.05, 0) is 53.6 Å². The number of nitro benzene ring substituents is 1. The highest BCUT2D eigenvalue weighted by Crippen LogP contribution is 2.39. The van der Waals surface area contributed by atoms with E-state index in [0.717, 1.165) is 16.9 Å². The van der Waals surface area contributed by atoms with Crippen LogP contribution >= 0.6 is 0 Å². The van der Waals surface area contributed by atoms with Gasteiger partial charge < -0.3 is 19.3 Å². The second-order valence-electron chi connectivity index (χ2n) is 8.54. The molecule has 1 aliphatic heterocycles. The lowest BCUT2D eigenvalue weighted by Crippen LogP contribution is -2.45. The average Bonchev–Trinajstić information content (AvgIpc) is 3.05. The van der Waals surface area contributed by atoms with E-state index in [1.165, 1.54) is 6.07 Å². The van der Waals surface area contributed by atoms with Crippen LogP contribution in [0.5, 0.6) is 11.5 Å². The highest BCUT2D eigenvalue weighted by molar-refractivity contribution is 5.74. The summed E-state index contributed by atoms with van der Waals surface area (Å²) < 4.78 is 11.0. The van der Waals surface area contributed by atoms with Gasteiger partial charge in [-0.25, -0.2) is 0 Å². The fourth-order valence-corrected chi connectivity index (χ4v) is 4.53. The molecule has 35 heavy (non-hydrogen) atoms. The second kappa shape index (κ2) is 9.21. The monoisotopic (exact) mass is 468 g/mol. The number of para-hydroxylation sites is 2. The summed E-state index contributed by atoms with van der Waals surface area (Å²) in [5.41, 5.74) is 3.51. The van der Waals surface area contributed by atoms with Crippen molar-refractivity contribution in [3.63, 3.8) is 0 Å². The summed E-state index contributed by atoms with van der Waals surface area (Å²) in [6.07, 6.45) is -0.461. The SMILES string of the molecule is COc1ccc(C2C[N+]([O-])(c3ccc(-c4ccccc4[N+](=O)[O-])cc3)Cc3ccccc3O2)cc1. The van der Waals surface area contributed by atoms with E-state index in [2.05, 4.69) is 0 Å². The first-order valence-electron chi connectivity index (χ1n) is 11.3. The van der Waals surface area contributed by atoms with Crippen LogP contribution in [0, 0.1) is 15.3 Å². The highest BCUT2D eigenvalue weighted by Gasteiger charge is 2.33. The lowest BCUT2D eigenvalue weighted by Gasteiger charge is -2.42. The van der Waals surface area contributed by atoms with Gasteiger partial charge in [-0.2, -0.15) is 0 Å². The van der Waals surface area contributed by atoms with Crippen LogP contribution in [0.2, 0.25) is 0 Å². The molecule has 0 radical (unpaired) electrons. The van der Waals surface area contributed by atoms with Crippen molar-refractivity contribution in [2.24, 2.45) is 0 Å². The molecular weight excluding hydrogens is 444 g/mol. The zero-order chi connectivity index (χ0) is 24.4. The Morgan fingerprint density at radius 1 is 0.914 bits per heavy atom. The average molecular weight is 469 g/mol. The fourth-order valence-electron chi connectivity index (χ4n) is 4.53. The maximum Gasteiger partial charge on any atom is 0.277 e. The van der Waals surface area contributed by atoms with Crippen molar-refractivity contribution in [3.05, 3.63) is 124 Å². The topological polar surface area (TPSA) is 84.7 Å². The molecule has 0 fully saturated rings. The smallest absolute Gasteiger partial charge is 0.277 e. The summed E-state index contributed by atoms with van der Waals surface area (Å²) in [7, 11) is 1.61. The number of nitrogens with zero attached hydrogens (tertiary/aromatic N) is 2. The summed E-state index contributed by atoms with van der Waals surface area (Å²) in [5, 5.41) is 25.8. The van der Waals surface area contributed by atoms with Crippen LogP contribution in [-0.4, -0.2) is 18.6 Å². The van der Waals surface area contributed by atoms with Crippen LogP contribution in [0.4, 0.5) is 11.4 Å². The van der Waals surface area contributed by atoms with Gasteiger partial charge >= 0.3 is 0 Å². The quantitative estimate of drug-likeness (QED) is 0.146. The Kier molecular flexibility index (Phi) is 5.94. The van der Waals surface area contributed by atoms with E-state index >= 15 is 0 Å². The van der Waals surface area contributed by atoms with Crippen LogP contribution in [0.25, 0.3) is 11.1 Å². The molecule has 0 bridgehead atoms. The number of ether oxygens (including phenoxy) is 2. The minimum atomic E-state index is -0.620. The second-order valence-corrected chi connectivity index (χ2v) is 8.54. The van der Waals surface area contributed by atoms with Crippen molar-refractivity contribution in [1.82, 2.24) is 4.65 Å². The number of hydrogen-bond donors (Lipinski definition) is 0. The third kappa shape index (κ3) is 4.47. The Hall–Kier alpha value is -4.20. The predicted octanol–water partition coefficient (Wildman–Crippen LogP) is 6.41. The van der Waals surface area contributed by atoms with Crippen LogP contribution in [0.1, 0.15) is 17.2 Å². The van der Waals surface area contributed by atoms with E-state index in [1.807, 2.05) is 48.5 Å². The van der Waals surface area contributed by atoms with Crippen molar-refractivity contribution >= 4 is 11.4 Å². The predicted molar refractivity (Wildman–Crippen MR) is 135 cm³/mol. The van der Waals surface area contributed by atoms with E-state index in [9.17, 15) is 15.3 Å².